The van der Waals surface area contributed by atoms with Crippen molar-refractivity contribution in [3.05, 3.63) is 76.0 Å². The fourth-order valence-electron chi connectivity index (χ4n) is 3.96. The van der Waals surface area contributed by atoms with E-state index in [1.165, 1.54) is 11.3 Å². The molecular weight excluding hydrogens is 450 g/mol. The molecule has 9 heteroatoms. The lowest BCUT2D eigenvalue weighted by Gasteiger charge is -2.31. The molecular formula is C25H27N5O3S. The van der Waals surface area contributed by atoms with Crippen molar-refractivity contribution in [1.82, 2.24) is 20.3 Å². The zero-order valence-corrected chi connectivity index (χ0v) is 20.2. The summed E-state index contributed by atoms with van der Waals surface area (Å²) in [5.41, 5.74) is 4.13. The van der Waals surface area contributed by atoms with Crippen LogP contribution in [0.3, 0.4) is 0 Å². The van der Waals surface area contributed by atoms with Gasteiger partial charge in [-0.1, -0.05) is 29.5 Å². The minimum atomic E-state index is -0.833. The van der Waals surface area contributed by atoms with Crippen LogP contribution in [0.1, 0.15) is 22.0 Å². The quantitative estimate of drug-likeness (QED) is 0.372. The molecule has 1 atom stereocenters. The summed E-state index contributed by atoms with van der Waals surface area (Å²) in [4.78, 5) is 29.7. The van der Waals surface area contributed by atoms with E-state index in [1.54, 1.807) is 16.7 Å². The fourth-order valence-corrected chi connectivity index (χ4v) is 4.77. The number of aryl methyl sites for hydroxylation is 2. The first-order valence-corrected chi connectivity index (χ1v) is 11.8. The van der Waals surface area contributed by atoms with Crippen molar-refractivity contribution in [1.29, 1.82) is 0 Å². The second-order valence-corrected chi connectivity index (χ2v) is 9.03. The molecule has 2 heterocycles. The van der Waals surface area contributed by atoms with Gasteiger partial charge in [-0.15, -0.1) is 16.4 Å². The van der Waals surface area contributed by atoms with Crippen LogP contribution in [0.4, 0.5) is 5.69 Å². The number of ether oxygens (including phenoxy) is 1. The number of fused-ring (bicyclic) bond motifs is 1. The molecule has 2 aromatic heterocycles. The average molecular weight is 478 g/mol. The molecule has 0 aliphatic carbocycles. The third-order valence-electron chi connectivity index (χ3n) is 5.38. The minimum absolute atomic E-state index is 0.0548. The van der Waals surface area contributed by atoms with Crippen LogP contribution in [0.25, 0.3) is 11.0 Å². The normalized spacial score (nSPS) is 12.0. The van der Waals surface area contributed by atoms with E-state index < -0.39 is 6.04 Å². The molecule has 0 aliphatic heterocycles. The number of aromatic nitrogens is 3. The number of rotatable bonds is 9. The number of methoxy groups -OCH3 is 1. The molecule has 0 saturated carbocycles. The van der Waals surface area contributed by atoms with Crippen LogP contribution in [0.5, 0.6) is 0 Å². The number of carbonyl (C=O) groups is 2. The monoisotopic (exact) mass is 477 g/mol. The molecule has 0 spiro atoms. The molecule has 0 fully saturated rings. The Balaban J connectivity index is 1.77. The Kier molecular flexibility index (Phi) is 7.34. The van der Waals surface area contributed by atoms with E-state index in [-0.39, 0.29) is 18.4 Å². The number of anilines is 1. The number of thiophene rings is 1. The van der Waals surface area contributed by atoms with Crippen molar-refractivity contribution >= 4 is 39.9 Å². The van der Waals surface area contributed by atoms with E-state index >= 15 is 0 Å². The largest absolute Gasteiger partial charge is 0.383 e. The number of nitrogens with zero attached hydrogens (tertiary/aromatic N) is 4. The SMILES string of the molecule is COCCNC(=O)[C@H](c1cccs1)N(C(=O)Cn1nnc2ccccc21)c1cc(C)cc(C)c1. The van der Waals surface area contributed by atoms with Crippen molar-refractivity contribution in [3.63, 3.8) is 0 Å². The molecule has 176 valence electrons. The topological polar surface area (TPSA) is 89.4 Å². The first kappa shape index (κ1) is 23.6. The Morgan fingerprint density at radius 3 is 2.59 bits per heavy atom. The Morgan fingerprint density at radius 2 is 1.88 bits per heavy atom. The van der Waals surface area contributed by atoms with Crippen molar-refractivity contribution in [3.8, 4) is 0 Å². The molecule has 4 aromatic rings. The number of para-hydroxylation sites is 1. The molecule has 8 nitrogen and oxygen atoms in total. The molecule has 0 bridgehead atoms. The highest BCUT2D eigenvalue weighted by Crippen LogP contribution is 2.32. The van der Waals surface area contributed by atoms with Gasteiger partial charge in [-0.25, -0.2) is 4.68 Å². The zero-order chi connectivity index (χ0) is 24.1. The summed E-state index contributed by atoms with van der Waals surface area (Å²) in [6.45, 7) is 4.62. The lowest BCUT2D eigenvalue weighted by Crippen LogP contribution is -2.45. The first-order valence-electron chi connectivity index (χ1n) is 11.0. The summed E-state index contributed by atoms with van der Waals surface area (Å²) in [5, 5.41) is 13.2. The number of hydrogen-bond donors (Lipinski definition) is 1. The van der Waals surface area contributed by atoms with Crippen LogP contribution < -0.4 is 10.2 Å². The maximum atomic E-state index is 13.9. The number of nitrogens with one attached hydrogen (secondary N) is 1. The summed E-state index contributed by atoms with van der Waals surface area (Å²) in [6.07, 6.45) is 0. The molecule has 0 radical (unpaired) electrons. The number of amides is 2. The van der Waals surface area contributed by atoms with Crippen LogP contribution >= 0.6 is 11.3 Å². The third kappa shape index (κ3) is 5.16. The number of carbonyl (C=O) groups excluding carboxylic acids is 2. The van der Waals surface area contributed by atoms with Crippen molar-refractivity contribution in [2.24, 2.45) is 0 Å². The van der Waals surface area contributed by atoms with Gasteiger partial charge >= 0.3 is 0 Å². The van der Waals surface area contributed by atoms with Crippen molar-refractivity contribution in [2.45, 2.75) is 26.4 Å². The van der Waals surface area contributed by atoms with Gasteiger partial charge in [0.05, 0.1) is 12.1 Å². The highest BCUT2D eigenvalue weighted by atomic mass is 32.1. The highest BCUT2D eigenvalue weighted by molar-refractivity contribution is 7.10. The van der Waals surface area contributed by atoms with Gasteiger partial charge in [0.25, 0.3) is 0 Å². The van der Waals surface area contributed by atoms with E-state index in [1.807, 2.05) is 73.8 Å². The van der Waals surface area contributed by atoms with E-state index in [4.69, 9.17) is 4.74 Å². The lowest BCUT2D eigenvalue weighted by atomic mass is 10.1. The summed E-state index contributed by atoms with van der Waals surface area (Å²) in [7, 11) is 1.58. The predicted octanol–water partition coefficient (Wildman–Crippen LogP) is 3.65. The fraction of sp³-hybridized carbons (Fsp3) is 0.280. The summed E-state index contributed by atoms with van der Waals surface area (Å²) >= 11 is 1.44. The van der Waals surface area contributed by atoms with Gasteiger partial charge in [0.1, 0.15) is 18.1 Å². The van der Waals surface area contributed by atoms with Gasteiger partial charge in [-0.2, -0.15) is 0 Å². The maximum absolute atomic E-state index is 13.9. The van der Waals surface area contributed by atoms with Crippen LogP contribution in [0.2, 0.25) is 0 Å². The standard InChI is InChI=1S/C25H27N5O3S/c1-17-13-18(2)15-19(14-17)30(23(31)16-29-21-8-5-4-7-20(21)27-28-29)24(22-9-6-12-34-22)25(32)26-10-11-33-3/h4-9,12-15,24H,10-11,16H2,1-3H3,(H,26,32)/t24-/m0/s1. The third-order valence-corrected chi connectivity index (χ3v) is 6.31. The van der Waals surface area contributed by atoms with Gasteiger partial charge in [0, 0.05) is 24.2 Å². The van der Waals surface area contributed by atoms with Crippen LogP contribution in [0, 0.1) is 13.8 Å². The minimum Gasteiger partial charge on any atom is -0.383 e. The summed E-state index contributed by atoms with van der Waals surface area (Å²) < 4.78 is 6.66. The van der Waals surface area contributed by atoms with Crippen LogP contribution in [-0.2, 0) is 20.9 Å². The molecule has 0 saturated heterocycles. The molecule has 4 rings (SSSR count). The number of benzene rings is 2. The Morgan fingerprint density at radius 1 is 1.12 bits per heavy atom. The van der Waals surface area contributed by atoms with Crippen LogP contribution in [0.15, 0.2) is 60.0 Å². The Bertz CT molecular complexity index is 1260. The smallest absolute Gasteiger partial charge is 0.249 e. The van der Waals surface area contributed by atoms with Crippen LogP contribution in [-0.4, -0.2) is 47.1 Å². The van der Waals surface area contributed by atoms with Gasteiger partial charge in [-0.05, 0) is 60.7 Å². The van der Waals surface area contributed by atoms with Gasteiger partial charge < -0.3 is 10.1 Å². The lowest BCUT2D eigenvalue weighted by molar-refractivity contribution is -0.127. The molecule has 0 unspecified atom stereocenters. The second kappa shape index (κ2) is 10.6. The summed E-state index contributed by atoms with van der Waals surface area (Å²) in [6, 6.07) is 16.3. The maximum Gasteiger partial charge on any atom is 0.249 e. The molecule has 2 amide bonds. The van der Waals surface area contributed by atoms with E-state index in [0.717, 1.165) is 21.5 Å². The summed E-state index contributed by atoms with van der Waals surface area (Å²) in [5.74, 6) is -0.531. The molecule has 0 aliphatic rings. The highest BCUT2D eigenvalue weighted by Gasteiger charge is 2.34. The van der Waals surface area contributed by atoms with Crippen molar-refractivity contribution < 1.29 is 14.3 Å². The van der Waals surface area contributed by atoms with Gasteiger partial charge in [0.2, 0.25) is 11.8 Å². The molecule has 34 heavy (non-hydrogen) atoms. The van der Waals surface area contributed by atoms with E-state index in [0.29, 0.717) is 24.4 Å². The Hall–Kier alpha value is -3.56. The van der Waals surface area contributed by atoms with E-state index in [9.17, 15) is 9.59 Å². The average Bonchev–Trinajstić information content (AvgIpc) is 3.47. The van der Waals surface area contributed by atoms with Gasteiger partial charge in [0.15, 0.2) is 0 Å². The molecule has 1 N–H and O–H groups in total. The van der Waals surface area contributed by atoms with E-state index in [2.05, 4.69) is 15.6 Å². The predicted molar refractivity (Wildman–Crippen MR) is 133 cm³/mol. The second-order valence-electron chi connectivity index (χ2n) is 8.05. The van der Waals surface area contributed by atoms with Crippen molar-refractivity contribution in [2.75, 3.05) is 25.2 Å². The zero-order valence-electron chi connectivity index (χ0n) is 19.4. The number of hydrogen-bond acceptors (Lipinski definition) is 6. The Labute approximate surface area is 202 Å². The van der Waals surface area contributed by atoms with Gasteiger partial charge in [-0.3, -0.25) is 14.5 Å². The molecule has 2 aromatic carbocycles. The first-order chi connectivity index (χ1) is 16.5.